The summed E-state index contributed by atoms with van der Waals surface area (Å²) in [6.45, 7) is 3.90. The molecule has 0 spiro atoms. The van der Waals surface area contributed by atoms with Gasteiger partial charge in [-0.15, -0.1) is 0 Å². The van der Waals surface area contributed by atoms with Crippen LogP contribution in [0.25, 0.3) is 11.3 Å². The number of carbonyl (C=O) groups is 4. The second-order valence-corrected chi connectivity index (χ2v) is 16.0. The van der Waals surface area contributed by atoms with Crippen LogP contribution in [0.2, 0.25) is 0 Å². The Balaban J connectivity index is 0.754. The number of amides is 4. The number of likely N-dealkylation sites (tertiary alicyclic amines) is 2. The number of benzene rings is 2. The zero-order chi connectivity index (χ0) is 40.2. The maximum atomic E-state index is 15.3. The topological polar surface area (TPSA) is 158 Å². The summed E-state index contributed by atoms with van der Waals surface area (Å²) >= 11 is 0. The average Bonchev–Trinajstić information content (AvgIpc) is 3.24. The molecule has 4 amide bonds. The van der Waals surface area contributed by atoms with Crippen LogP contribution in [0.1, 0.15) is 82.1 Å². The molecule has 308 valence electrons. The van der Waals surface area contributed by atoms with Crippen LogP contribution >= 0.6 is 0 Å². The Kier molecular flexibility index (Phi) is 12.0. The van der Waals surface area contributed by atoms with Crippen molar-refractivity contribution in [2.24, 2.45) is 0 Å². The van der Waals surface area contributed by atoms with Gasteiger partial charge in [0.2, 0.25) is 17.8 Å². The molecule has 1 saturated carbocycles. The van der Waals surface area contributed by atoms with Gasteiger partial charge in [0.25, 0.3) is 0 Å². The lowest BCUT2D eigenvalue weighted by Crippen LogP contribution is -2.49. The summed E-state index contributed by atoms with van der Waals surface area (Å²) in [4.78, 5) is 63.5. The first-order valence-corrected chi connectivity index (χ1v) is 20.6. The summed E-state index contributed by atoms with van der Waals surface area (Å²) in [5.41, 5.74) is 2.50. The molecule has 1 aliphatic carbocycles. The normalized spacial score (nSPS) is 23.9. The van der Waals surface area contributed by atoms with E-state index >= 15 is 4.39 Å². The Morgan fingerprint density at radius 1 is 0.862 bits per heavy atom. The fourth-order valence-electron chi connectivity index (χ4n) is 8.94. The van der Waals surface area contributed by atoms with Crippen molar-refractivity contribution in [1.29, 1.82) is 0 Å². The molecule has 0 radical (unpaired) electrons. The van der Waals surface area contributed by atoms with E-state index in [9.17, 15) is 23.6 Å². The molecule has 4 saturated heterocycles. The maximum Gasteiger partial charge on any atom is 0.414 e. The second-order valence-electron chi connectivity index (χ2n) is 16.0. The summed E-state index contributed by atoms with van der Waals surface area (Å²) in [6, 6.07) is 11.9. The molecule has 8 rings (SSSR count). The number of hydrogen-bond acceptors (Lipinski definition) is 11. The number of anilines is 3. The predicted molar refractivity (Wildman–Crippen MR) is 211 cm³/mol. The molecule has 1 atom stereocenters. The highest BCUT2D eigenvalue weighted by Crippen LogP contribution is 2.34. The third-order valence-electron chi connectivity index (χ3n) is 12.2. The molecule has 58 heavy (non-hydrogen) atoms. The second kappa shape index (κ2) is 17.6. The highest BCUT2D eigenvalue weighted by molar-refractivity contribution is 6.01. The molecule has 5 heterocycles. The standard InChI is InChI=1S/C42H50F2N8O6/c43-34-24-29(46-36-11-12-37(53)48-39(36)54)7-10-33(34)26-13-18-50(19-14-26)30-15-20-51(21-16-30)41(55)58-32-8-5-28(6-9-32)47-40-45-25-35(44)38(49-40)27-3-1-4-31(23-27)52-17-2-22-57-42(52)56/h1,3-4,7,10,23-26,28,30,32,36,46H,2,5-6,8-9,11-22H2,(H,45,47,49)(H,48,53,54). The van der Waals surface area contributed by atoms with Crippen LogP contribution in [-0.4, -0.2) is 107 Å². The monoisotopic (exact) mass is 800 g/mol. The van der Waals surface area contributed by atoms with Gasteiger partial charge in [0.05, 0.1) is 12.8 Å². The first-order chi connectivity index (χ1) is 28.2. The number of nitrogens with one attached hydrogen (secondary N) is 3. The van der Waals surface area contributed by atoms with Gasteiger partial charge in [0.15, 0.2) is 5.82 Å². The van der Waals surface area contributed by atoms with E-state index in [1.807, 2.05) is 17.0 Å². The Bertz CT molecular complexity index is 2000. The highest BCUT2D eigenvalue weighted by Gasteiger charge is 2.33. The van der Waals surface area contributed by atoms with Crippen molar-refractivity contribution >= 4 is 41.3 Å². The largest absolute Gasteiger partial charge is 0.449 e. The van der Waals surface area contributed by atoms with Gasteiger partial charge in [0, 0.05) is 55.1 Å². The minimum atomic E-state index is -0.563. The van der Waals surface area contributed by atoms with Crippen molar-refractivity contribution in [3.63, 3.8) is 0 Å². The number of hydrogen-bond donors (Lipinski definition) is 3. The van der Waals surface area contributed by atoms with Gasteiger partial charge in [0.1, 0.15) is 23.7 Å². The van der Waals surface area contributed by atoms with E-state index in [2.05, 4.69) is 30.8 Å². The van der Waals surface area contributed by atoms with E-state index in [0.717, 1.165) is 64.2 Å². The van der Waals surface area contributed by atoms with Crippen LogP contribution in [0.3, 0.4) is 0 Å². The number of ether oxygens (including phenoxy) is 2. The molecular formula is C42H50F2N8O6. The highest BCUT2D eigenvalue weighted by atomic mass is 19.1. The third kappa shape index (κ3) is 9.16. The molecule has 5 aliphatic rings. The zero-order valence-corrected chi connectivity index (χ0v) is 32.5. The lowest BCUT2D eigenvalue weighted by atomic mass is 9.87. The Hall–Kier alpha value is -5.38. The van der Waals surface area contributed by atoms with Crippen LogP contribution < -0.4 is 20.9 Å². The summed E-state index contributed by atoms with van der Waals surface area (Å²) in [5, 5.41) is 8.71. The summed E-state index contributed by atoms with van der Waals surface area (Å²) < 4.78 is 41.3. The number of halogens is 2. The van der Waals surface area contributed by atoms with Crippen LogP contribution in [0.5, 0.6) is 0 Å². The van der Waals surface area contributed by atoms with E-state index < -0.39 is 18.0 Å². The fraction of sp³-hybridized carbons (Fsp3) is 0.524. The molecule has 16 heteroatoms. The zero-order valence-electron chi connectivity index (χ0n) is 32.5. The number of piperidine rings is 3. The van der Waals surface area contributed by atoms with Crippen molar-refractivity contribution in [1.82, 2.24) is 25.1 Å². The van der Waals surface area contributed by atoms with E-state index in [1.165, 1.54) is 11.0 Å². The lowest BCUT2D eigenvalue weighted by Gasteiger charge is -2.42. The van der Waals surface area contributed by atoms with Crippen LogP contribution in [0.15, 0.2) is 48.7 Å². The molecule has 2 aromatic carbocycles. The molecule has 0 bridgehead atoms. The van der Waals surface area contributed by atoms with Gasteiger partial charge >= 0.3 is 12.2 Å². The summed E-state index contributed by atoms with van der Waals surface area (Å²) in [6.07, 6.45) is 7.91. The fourth-order valence-corrected chi connectivity index (χ4v) is 8.94. The van der Waals surface area contributed by atoms with Crippen LogP contribution in [0, 0.1) is 11.6 Å². The molecule has 4 aliphatic heterocycles. The van der Waals surface area contributed by atoms with Crippen molar-refractivity contribution in [2.45, 2.75) is 101 Å². The van der Waals surface area contributed by atoms with E-state index in [4.69, 9.17) is 9.47 Å². The quantitative estimate of drug-likeness (QED) is 0.212. The van der Waals surface area contributed by atoms with E-state index in [-0.39, 0.29) is 53.9 Å². The van der Waals surface area contributed by atoms with Crippen molar-refractivity contribution < 1.29 is 37.4 Å². The van der Waals surface area contributed by atoms with Gasteiger partial charge in [-0.3, -0.25) is 19.8 Å². The third-order valence-corrected chi connectivity index (χ3v) is 12.2. The molecule has 1 unspecified atom stereocenters. The molecule has 1 aromatic heterocycles. The first kappa shape index (κ1) is 39.4. The molecular weight excluding hydrogens is 751 g/mol. The Labute approximate surface area is 336 Å². The van der Waals surface area contributed by atoms with Crippen LogP contribution in [0.4, 0.5) is 35.7 Å². The van der Waals surface area contributed by atoms with Gasteiger partial charge in [-0.25, -0.2) is 28.3 Å². The number of aromatic nitrogens is 2. The Morgan fingerprint density at radius 2 is 1.66 bits per heavy atom. The number of imide groups is 1. The minimum Gasteiger partial charge on any atom is -0.449 e. The Morgan fingerprint density at radius 3 is 2.40 bits per heavy atom. The number of nitrogens with zero attached hydrogens (tertiary/aromatic N) is 5. The minimum absolute atomic E-state index is 0.0421. The van der Waals surface area contributed by atoms with Crippen molar-refractivity contribution in [2.75, 3.05) is 54.9 Å². The van der Waals surface area contributed by atoms with E-state index in [1.54, 1.807) is 24.3 Å². The maximum absolute atomic E-state index is 15.3. The van der Waals surface area contributed by atoms with Gasteiger partial charge in [-0.1, -0.05) is 18.2 Å². The smallest absolute Gasteiger partial charge is 0.414 e. The number of rotatable bonds is 9. The molecule has 3 N–H and O–H groups in total. The number of cyclic esters (lactones) is 1. The van der Waals surface area contributed by atoms with Crippen LogP contribution in [-0.2, 0) is 19.1 Å². The number of carbonyl (C=O) groups excluding carboxylic acids is 4. The summed E-state index contributed by atoms with van der Waals surface area (Å²) in [7, 11) is 0. The van der Waals surface area contributed by atoms with Gasteiger partial charge in [-0.05, 0) is 113 Å². The SMILES string of the molecule is O=C1CCC(Nc2ccc(C3CCN(C4CCN(C(=O)OC5CCC(Nc6ncc(F)c(-c7cccc(N8CCCOC8=O)c7)n6)CC5)CC4)CC3)c(F)c2)C(=O)N1. The predicted octanol–water partition coefficient (Wildman–Crippen LogP) is 6.19. The van der Waals surface area contributed by atoms with Gasteiger partial charge in [-0.2, -0.15) is 0 Å². The average molecular weight is 801 g/mol. The summed E-state index contributed by atoms with van der Waals surface area (Å²) in [5.74, 6) is -1.10. The molecule has 3 aromatic rings. The van der Waals surface area contributed by atoms with E-state index in [0.29, 0.717) is 80.0 Å². The molecule has 5 fully saturated rings. The molecule has 14 nitrogen and oxygen atoms in total. The first-order valence-electron chi connectivity index (χ1n) is 20.6. The van der Waals surface area contributed by atoms with Crippen molar-refractivity contribution in [3.8, 4) is 11.3 Å². The van der Waals surface area contributed by atoms with Gasteiger partial charge < -0.3 is 29.9 Å². The lowest BCUT2D eigenvalue weighted by molar-refractivity contribution is -0.133. The van der Waals surface area contributed by atoms with Crippen molar-refractivity contribution in [3.05, 3.63) is 65.9 Å².